The van der Waals surface area contributed by atoms with Crippen molar-refractivity contribution in [2.45, 2.75) is 32.2 Å². The van der Waals surface area contributed by atoms with Crippen LogP contribution in [0.5, 0.6) is 0 Å². The van der Waals surface area contributed by atoms with Gasteiger partial charge >= 0.3 is 11.8 Å². The number of benzene rings is 2. The van der Waals surface area contributed by atoms with Crippen LogP contribution in [0.1, 0.15) is 26.2 Å². The highest BCUT2D eigenvalue weighted by Gasteiger charge is 2.28. The Hall–Kier alpha value is -2.82. The van der Waals surface area contributed by atoms with Gasteiger partial charge in [-0.1, -0.05) is 18.2 Å². The third kappa shape index (κ3) is 4.38. The van der Waals surface area contributed by atoms with Crippen molar-refractivity contribution in [3.05, 3.63) is 54.6 Å². The Kier molecular flexibility index (Phi) is 5.33. The van der Waals surface area contributed by atoms with Gasteiger partial charge in [-0.25, -0.2) is 0 Å². The molecule has 130 valence electrons. The summed E-state index contributed by atoms with van der Waals surface area (Å²) < 4.78 is 0. The van der Waals surface area contributed by atoms with Gasteiger partial charge in [0.1, 0.15) is 0 Å². The molecule has 0 aromatic heterocycles. The summed E-state index contributed by atoms with van der Waals surface area (Å²) in [6.07, 6.45) is 3.03. The van der Waals surface area contributed by atoms with E-state index in [0.29, 0.717) is 12.2 Å². The van der Waals surface area contributed by atoms with Gasteiger partial charge in [-0.3, -0.25) is 9.59 Å². The molecule has 1 unspecified atom stereocenters. The molecule has 2 N–H and O–H groups in total. The maximum Gasteiger partial charge on any atom is 0.313 e. The van der Waals surface area contributed by atoms with Gasteiger partial charge in [0, 0.05) is 29.6 Å². The predicted octanol–water partition coefficient (Wildman–Crippen LogP) is 3.77. The number of carbonyl (C=O) groups excluding carboxylic acids is 2. The first-order valence-corrected chi connectivity index (χ1v) is 8.67. The fraction of sp³-hybridized carbons (Fsp3) is 0.300. The smallest absolute Gasteiger partial charge is 0.313 e. The van der Waals surface area contributed by atoms with Gasteiger partial charge in [0.05, 0.1) is 0 Å². The van der Waals surface area contributed by atoms with Crippen molar-refractivity contribution in [1.82, 2.24) is 4.90 Å². The zero-order valence-electron chi connectivity index (χ0n) is 14.4. The first-order chi connectivity index (χ1) is 12.1. The summed E-state index contributed by atoms with van der Waals surface area (Å²) in [6.45, 7) is 2.65. The molecule has 1 saturated heterocycles. The van der Waals surface area contributed by atoms with E-state index in [4.69, 9.17) is 0 Å². The number of rotatable bonds is 3. The number of nitrogens with zero attached hydrogens (tertiary/aromatic N) is 1. The van der Waals surface area contributed by atoms with Gasteiger partial charge in [0.15, 0.2) is 0 Å². The minimum atomic E-state index is -0.572. The minimum Gasteiger partial charge on any atom is -0.356 e. The number of nitrogens with one attached hydrogen (secondary N) is 2. The summed E-state index contributed by atoms with van der Waals surface area (Å²) in [6, 6.07) is 17.3. The van der Waals surface area contributed by atoms with Crippen molar-refractivity contribution in [2.75, 3.05) is 17.2 Å². The number of likely N-dealkylation sites (tertiary alicyclic amines) is 1. The third-order valence-electron chi connectivity index (χ3n) is 4.46. The quantitative estimate of drug-likeness (QED) is 0.838. The minimum absolute atomic E-state index is 0.129. The zero-order valence-corrected chi connectivity index (χ0v) is 14.4. The number of amides is 2. The van der Waals surface area contributed by atoms with Crippen LogP contribution in [0, 0.1) is 0 Å². The van der Waals surface area contributed by atoms with E-state index >= 15 is 0 Å². The molecule has 3 rings (SSSR count). The molecule has 5 nitrogen and oxygen atoms in total. The van der Waals surface area contributed by atoms with E-state index in [1.165, 1.54) is 0 Å². The Morgan fingerprint density at radius 2 is 1.56 bits per heavy atom. The topological polar surface area (TPSA) is 61.4 Å². The molecule has 0 bridgehead atoms. The van der Waals surface area contributed by atoms with Crippen LogP contribution in [-0.2, 0) is 9.59 Å². The molecule has 2 aromatic rings. The van der Waals surface area contributed by atoms with Crippen molar-refractivity contribution in [1.29, 1.82) is 0 Å². The van der Waals surface area contributed by atoms with Crippen molar-refractivity contribution in [3.8, 4) is 0 Å². The van der Waals surface area contributed by atoms with Crippen molar-refractivity contribution in [3.63, 3.8) is 0 Å². The molecule has 2 aromatic carbocycles. The second-order valence-electron chi connectivity index (χ2n) is 6.37. The molecule has 1 aliphatic heterocycles. The zero-order chi connectivity index (χ0) is 17.6. The van der Waals surface area contributed by atoms with Crippen LogP contribution in [-0.4, -0.2) is 29.3 Å². The number of para-hydroxylation sites is 1. The molecule has 0 aliphatic carbocycles. The SMILES string of the molecule is CC1CCCCN1C(=O)C(=O)Nc1ccc(Nc2ccccc2)cc1. The fourth-order valence-corrected chi connectivity index (χ4v) is 3.04. The predicted molar refractivity (Wildman–Crippen MR) is 99.8 cm³/mol. The lowest BCUT2D eigenvalue weighted by molar-refractivity contribution is -0.145. The van der Waals surface area contributed by atoms with Gasteiger partial charge in [-0.05, 0) is 62.6 Å². The summed E-state index contributed by atoms with van der Waals surface area (Å²) >= 11 is 0. The monoisotopic (exact) mass is 337 g/mol. The summed E-state index contributed by atoms with van der Waals surface area (Å²) in [7, 11) is 0. The molecule has 25 heavy (non-hydrogen) atoms. The van der Waals surface area contributed by atoms with E-state index in [1.54, 1.807) is 17.0 Å². The van der Waals surface area contributed by atoms with Gasteiger partial charge in [0.25, 0.3) is 0 Å². The van der Waals surface area contributed by atoms with Crippen LogP contribution in [0.2, 0.25) is 0 Å². The second kappa shape index (κ2) is 7.83. The molecular formula is C20H23N3O2. The number of carbonyl (C=O) groups is 2. The molecule has 5 heteroatoms. The van der Waals surface area contributed by atoms with Gasteiger partial charge < -0.3 is 15.5 Å². The average Bonchev–Trinajstić information content (AvgIpc) is 2.64. The first-order valence-electron chi connectivity index (χ1n) is 8.67. The van der Waals surface area contributed by atoms with E-state index in [1.807, 2.05) is 49.4 Å². The fourth-order valence-electron chi connectivity index (χ4n) is 3.04. The highest BCUT2D eigenvalue weighted by molar-refractivity contribution is 6.39. The summed E-state index contributed by atoms with van der Waals surface area (Å²) in [4.78, 5) is 26.2. The van der Waals surface area contributed by atoms with Gasteiger partial charge in [0.2, 0.25) is 0 Å². The Labute approximate surface area is 148 Å². The molecule has 1 fully saturated rings. The summed E-state index contributed by atoms with van der Waals surface area (Å²) in [5.74, 6) is -1.02. The summed E-state index contributed by atoms with van der Waals surface area (Å²) in [5.41, 5.74) is 2.52. The number of anilines is 3. The van der Waals surface area contributed by atoms with E-state index in [9.17, 15) is 9.59 Å². The van der Waals surface area contributed by atoms with Gasteiger partial charge in [-0.2, -0.15) is 0 Å². The summed E-state index contributed by atoms with van der Waals surface area (Å²) in [5, 5.41) is 5.97. The lowest BCUT2D eigenvalue weighted by Gasteiger charge is -2.32. The van der Waals surface area contributed by atoms with E-state index < -0.39 is 11.8 Å². The molecule has 2 amide bonds. The first kappa shape index (κ1) is 17.0. The molecule has 0 saturated carbocycles. The normalized spacial score (nSPS) is 17.0. The number of piperidine rings is 1. The molecular weight excluding hydrogens is 314 g/mol. The van der Waals surface area contributed by atoms with Crippen molar-refractivity contribution >= 4 is 28.9 Å². The van der Waals surface area contributed by atoms with Crippen LogP contribution < -0.4 is 10.6 Å². The Morgan fingerprint density at radius 3 is 2.24 bits per heavy atom. The van der Waals surface area contributed by atoms with E-state index in [-0.39, 0.29) is 6.04 Å². The van der Waals surface area contributed by atoms with E-state index in [0.717, 1.165) is 30.6 Å². The molecule has 1 heterocycles. The highest BCUT2D eigenvalue weighted by Crippen LogP contribution is 2.20. The number of hydrogen-bond acceptors (Lipinski definition) is 3. The Balaban J connectivity index is 1.59. The largest absolute Gasteiger partial charge is 0.356 e. The lowest BCUT2D eigenvalue weighted by atomic mass is 10.0. The van der Waals surface area contributed by atoms with Crippen LogP contribution in [0.15, 0.2) is 54.6 Å². The number of hydrogen-bond donors (Lipinski definition) is 2. The molecule has 0 radical (unpaired) electrons. The highest BCUT2D eigenvalue weighted by atomic mass is 16.2. The Bertz CT molecular complexity index is 728. The third-order valence-corrected chi connectivity index (χ3v) is 4.46. The Morgan fingerprint density at radius 1 is 0.920 bits per heavy atom. The van der Waals surface area contributed by atoms with E-state index in [2.05, 4.69) is 10.6 Å². The lowest BCUT2D eigenvalue weighted by Crippen LogP contribution is -2.47. The van der Waals surface area contributed by atoms with Crippen LogP contribution in [0.3, 0.4) is 0 Å². The van der Waals surface area contributed by atoms with Crippen LogP contribution >= 0.6 is 0 Å². The van der Waals surface area contributed by atoms with Gasteiger partial charge in [-0.15, -0.1) is 0 Å². The van der Waals surface area contributed by atoms with Crippen LogP contribution in [0.4, 0.5) is 17.1 Å². The average molecular weight is 337 g/mol. The molecule has 1 atom stereocenters. The van der Waals surface area contributed by atoms with Crippen molar-refractivity contribution in [2.24, 2.45) is 0 Å². The maximum absolute atomic E-state index is 12.3. The standard InChI is InChI=1S/C20H23N3O2/c1-15-7-5-6-14-23(15)20(25)19(24)22-18-12-10-17(11-13-18)21-16-8-3-2-4-9-16/h2-4,8-13,15,21H,5-7,14H2,1H3,(H,22,24). The molecule has 1 aliphatic rings. The van der Waals surface area contributed by atoms with Crippen LogP contribution in [0.25, 0.3) is 0 Å². The second-order valence-corrected chi connectivity index (χ2v) is 6.37. The van der Waals surface area contributed by atoms with Crippen molar-refractivity contribution < 1.29 is 9.59 Å². The molecule has 0 spiro atoms. The maximum atomic E-state index is 12.3.